The maximum atomic E-state index is 2.23. The third kappa shape index (κ3) is 1.05. The van der Waals surface area contributed by atoms with Gasteiger partial charge in [-0.05, 0) is 18.4 Å². The van der Waals surface area contributed by atoms with Crippen LogP contribution in [0, 0.1) is 0 Å². The standard InChI is InChI=1S/C10H10S/c1-10(6-2-3-7-10)9-5-4-8-11-9/h2-8H,1H3. The van der Waals surface area contributed by atoms with Crippen molar-refractivity contribution in [1.29, 1.82) is 0 Å². The second kappa shape index (κ2) is 2.35. The summed E-state index contributed by atoms with van der Waals surface area (Å²) in [5, 5.41) is 2.13. The van der Waals surface area contributed by atoms with Crippen molar-refractivity contribution in [3.63, 3.8) is 0 Å². The molecule has 0 bridgehead atoms. The minimum absolute atomic E-state index is 0.175. The van der Waals surface area contributed by atoms with Gasteiger partial charge in [0.15, 0.2) is 0 Å². The molecule has 0 radical (unpaired) electrons. The maximum absolute atomic E-state index is 2.23. The topological polar surface area (TPSA) is 0 Å². The summed E-state index contributed by atoms with van der Waals surface area (Å²) >= 11 is 1.82. The number of thiophene rings is 1. The van der Waals surface area contributed by atoms with Crippen LogP contribution in [-0.4, -0.2) is 0 Å². The Morgan fingerprint density at radius 3 is 2.55 bits per heavy atom. The molecule has 0 spiro atoms. The monoisotopic (exact) mass is 162 g/mol. The predicted molar refractivity (Wildman–Crippen MR) is 50.0 cm³/mol. The average Bonchev–Trinajstić information content (AvgIpc) is 2.55. The molecule has 0 N–H and O–H groups in total. The van der Waals surface area contributed by atoms with E-state index in [-0.39, 0.29) is 5.41 Å². The van der Waals surface area contributed by atoms with Crippen molar-refractivity contribution in [3.8, 4) is 0 Å². The van der Waals surface area contributed by atoms with E-state index in [1.165, 1.54) is 4.88 Å². The number of hydrogen-bond donors (Lipinski definition) is 0. The van der Waals surface area contributed by atoms with E-state index in [1.54, 1.807) is 0 Å². The van der Waals surface area contributed by atoms with Crippen LogP contribution in [0.3, 0.4) is 0 Å². The summed E-state index contributed by atoms with van der Waals surface area (Å²) in [6, 6.07) is 4.29. The van der Waals surface area contributed by atoms with Crippen LogP contribution >= 0.6 is 11.3 Å². The molecule has 1 aliphatic carbocycles. The Labute approximate surface area is 70.9 Å². The second-order valence-corrected chi connectivity index (χ2v) is 3.93. The third-order valence-corrected chi connectivity index (χ3v) is 3.17. The van der Waals surface area contributed by atoms with Gasteiger partial charge in [-0.2, -0.15) is 0 Å². The zero-order chi connectivity index (χ0) is 7.73. The summed E-state index contributed by atoms with van der Waals surface area (Å²) in [5.41, 5.74) is 0.175. The van der Waals surface area contributed by atoms with Crippen molar-refractivity contribution in [2.45, 2.75) is 12.3 Å². The van der Waals surface area contributed by atoms with Gasteiger partial charge < -0.3 is 0 Å². The molecule has 1 heteroatoms. The highest BCUT2D eigenvalue weighted by Gasteiger charge is 2.22. The van der Waals surface area contributed by atoms with Crippen LogP contribution in [0.2, 0.25) is 0 Å². The first kappa shape index (κ1) is 6.86. The lowest BCUT2D eigenvalue weighted by atomic mass is 9.91. The third-order valence-electron chi connectivity index (χ3n) is 2.05. The molecular weight excluding hydrogens is 152 g/mol. The zero-order valence-electron chi connectivity index (χ0n) is 6.45. The second-order valence-electron chi connectivity index (χ2n) is 2.98. The summed E-state index contributed by atoms with van der Waals surface area (Å²) in [7, 11) is 0. The van der Waals surface area contributed by atoms with Gasteiger partial charge in [0.05, 0.1) is 0 Å². The van der Waals surface area contributed by atoms with Crippen LogP contribution in [0.4, 0.5) is 0 Å². The van der Waals surface area contributed by atoms with E-state index in [9.17, 15) is 0 Å². The summed E-state index contributed by atoms with van der Waals surface area (Å²) in [6.45, 7) is 2.23. The Kier molecular flexibility index (Phi) is 1.46. The molecule has 0 saturated heterocycles. The van der Waals surface area contributed by atoms with Gasteiger partial charge in [-0.25, -0.2) is 0 Å². The molecule has 0 unspecified atom stereocenters. The van der Waals surface area contributed by atoms with Crippen LogP contribution in [0.5, 0.6) is 0 Å². The Morgan fingerprint density at radius 1 is 1.27 bits per heavy atom. The Balaban J connectivity index is 2.43. The van der Waals surface area contributed by atoms with Gasteiger partial charge in [0.2, 0.25) is 0 Å². The van der Waals surface area contributed by atoms with Gasteiger partial charge in [-0.1, -0.05) is 30.4 Å². The molecule has 56 valence electrons. The average molecular weight is 162 g/mol. The lowest BCUT2D eigenvalue weighted by molar-refractivity contribution is 0.790. The van der Waals surface area contributed by atoms with E-state index < -0.39 is 0 Å². The highest BCUT2D eigenvalue weighted by molar-refractivity contribution is 7.10. The molecule has 0 aliphatic heterocycles. The molecule has 1 heterocycles. The molecule has 11 heavy (non-hydrogen) atoms. The molecule has 0 aromatic carbocycles. The van der Waals surface area contributed by atoms with E-state index >= 15 is 0 Å². The summed E-state index contributed by atoms with van der Waals surface area (Å²) in [6.07, 6.45) is 8.69. The van der Waals surface area contributed by atoms with Gasteiger partial charge in [0.1, 0.15) is 0 Å². The van der Waals surface area contributed by atoms with E-state index in [0.717, 1.165) is 0 Å². The molecule has 0 saturated carbocycles. The summed E-state index contributed by atoms with van der Waals surface area (Å²) in [5.74, 6) is 0. The molecule has 0 fully saturated rings. The molecule has 0 nitrogen and oxygen atoms in total. The Bertz CT molecular complexity index is 279. The maximum Gasteiger partial charge on any atom is 0.0383 e. The van der Waals surface area contributed by atoms with Crippen LogP contribution in [0.15, 0.2) is 41.8 Å². The van der Waals surface area contributed by atoms with Crippen molar-refractivity contribution in [2.75, 3.05) is 0 Å². The quantitative estimate of drug-likeness (QED) is 0.595. The van der Waals surface area contributed by atoms with Gasteiger partial charge in [-0.15, -0.1) is 11.3 Å². The molecule has 2 rings (SSSR count). The minimum Gasteiger partial charge on any atom is -0.148 e. The predicted octanol–water partition coefficient (Wildman–Crippen LogP) is 3.13. The normalized spacial score (nSPS) is 19.4. The lowest BCUT2D eigenvalue weighted by Gasteiger charge is -2.16. The number of hydrogen-bond acceptors (Lipinski definition) is 1. The fourth-order valence-corrected chi connectivity index (χ4v) is 2.17. The van der Waals surface area contributed by atoms with Gasteiger partial charge in [-0.3, -0.25) is 0 Å². The summed E-state index contributed by atoms with van der Waals surface area (Å²) < 4.78 is 0. The highest BCUT2D eigenvalue weighted by atomic mass is 32.1. The molecule has 1 aromatic rings. The zero-order valence-corrected chi connectivity index (χ0v) is 7.27. The van der Waals surface area contributed by atoms with Gasteiger partial charge >= 0.3 is 0 Å². The van der Waals surface area contributed by atoms with Crippen LogP contribution in [0.1, 0.15) is 11.8 Å². The van der Waals surface area contributed by atoms with Crippen LogP contribution < -0.4 is 0 Å². The molecule has 0 amide bonds. The smallest absolute Gasteiger partial charge is 0.0383 e. The Hall–Kier alpha value is -0.820. The van der Waals surface area contributed by atoms with Crippen molar-refractivity contribution in [3.05, 3.63) is 46.7 Å². The minimum atomic E-state index is 0.175. The molecule has 1 aliphatic rings. The molecule has 0 atom stereocenters. The number of allylic oxidation sites excluding steroid dienone is 4. The number of rotatable bonds is 1. The van der Waals surface area contributed by atoms with E-state index in [1.807, 2.05) is 11.3 Å². The van der Waals surface area contributed by atoms with Crippen LogP contribution in [-0.2, 0) is 5.41 Å². The molecule has 1 aromatic heterocycles. The van der Waals surface area contributed by atoms with Crippen molar-refractivity contribution < 1.29 is 0 Å². The fraction of sp³-hybridized carbons (Fsp3) is 0.200. The first-order valence-electron chi connectivity index (χ1n) is 3.72. The first-order valence-corrected chi connectivity index (χ1v) is 4.60. The van der Waals surface area contributed by atoms with Crippen molar-refractivity contribution in [2.24, 2.45) is 0 Å². The fourth-order valence-electron chi connectivity index (χ4n) is 1.32. The lowest BCUT2D eigenvalue weighted by Crippen LogP contribution is -2.10. The van der Waals surface area contributed by atoms with Gasteiger partial charge in [0, 0.05) is 10.3 Å². The highest BCUT2D eigenvalue weighted by Crippen LogP contribution is 2.33. The van der Waals surface area contributed by atoms with Crippen molar-refractivity contribution in [1.82, 2.24) is 0 Å². The largest absolute Gasteiger partial charge is 0.148 e. The van der Waals surface area contributed by atoms with Crippen LogP contribution in [0.25, 0.3) is 0 Å². The van der Waals surface area contributed by atoms with Crippen molar-refractivity contribution >= 4 is 11.3 Å². The SMILES string of the molecule is CC1(c2cccs2)C=CC=C1. The summed E-state index contributed by atoms with van der Waals surface area (Å²) in [4.78, 5) is 1.42. The van der Waals surface area contributed by atoms with E-state index in [2.05, 4.69) is 48.7 Å². The van der Waals surface area contributed by atoms with E-state index in [0.29, 0.717) is 0 Å². The van der Waals surface area contributed by atoms with E-state index in [4.69, 9.17) is 0 Å². The Morgan fingerprint density at radius 2 is 2.00 bits per heavy atom. The molecular formula is C10H10S. The first-order chi connectivity index (χ1) is 5.31. The van der Waals surface area contributed by atoms with Gasteiger partial charge in [0.25, 0.3) is 0 Å².